The molecule has 0 aromatic heterocycles. The summed E-state index contributed by atoms with van der Waals surface area (Å²) in [5.41, 5.74) is 2.35. The Balaban J connectivity index is 1.63. The normalized spacial score (nSPS) is 14.6. The molecule has 0 saturated carbocycles. The summed E-state index contributed by atoms with van der Waals surface area (Å²) in [7, 11) is 0. The van der Waals surface area contributed by atoms with E-state index in [0.29, 0.717) is 34.3 Å². The fourth-order valence-electron chi connectivity index (χ4n) is 2.99. The van der Waals surface area contributed by atoms with Crippen LogP contribution in [-0.4, -0.2) is 23.3 Å². The van der Waals surface area contributed by atoms with E-state index in [1.807, 2.05) is 29.2 Å². The van der Waals surface area contributed by atoms with Crippen molar-refractivity contribution in [3.05, 3.63) is 69.7 Å². The lowest BCUT2D eigenvalue weighted by Gasteiger charge is -2.26. The number of carbonyl (C=O) groups is 2. The van der Waals surface area contributed by atoms with E-state index in [-0.39, 0.29) is 11.8 Å². The van der Waals surface area contributed by atoms with Crippen molar-refractivity contribution in [1.29, 1.82) is 0 Å². The summed E-state index contributed by atoms with van der Waals surface area (Å²) in [5.74, 6) is -0.0748. The second-order valence-corrected chi connectivity index (χ2v) is 7.30. The Hall–Kier alpha value is -2.30. The number of nitrogens with one attached hydrogen (secondary N) is 1. The van der Waals surface area contributed by atoms with Crippen molar-refractivity contribution in [3.63, 3.8) is 0 Å². The molecule has 0 spiro atoms. The zero-order valence-electron chi connectivity index (χ0n) is 14.8. The van der Waals surface area contributed by atoms with Crippen molar-refractivity contribution in [2.24, 2.45) is 0 Å². The Labute approximate surface area is 168 Å². The van der Waals surface area contributed by atoms with Crippen LogP contribution in [0.3, 0.4) is 0 Å². The second kappa shape index (κ2) is 9.07. The van der Waals surface area contributed by atoms with E-state index in [0.717, 1.165) is 24.9 Å². The first kappa shape index (κ1) is 19.5. The lowest BCUT2D eigenvalue weighted by atomic mass is 10.1. The molecule has 4 nitrogen and oxygen atoms in total. The number of anilines is 1. The van der Waals surface area contributed by atoms with Gasteiger partial charge in [-0.1, -0.05) is 35.3 Å². The highest BCUT2D eigenvalue weighted by Crippen LogP contribution is 2.22. The molecule has 0 unspecified atom stereocenters. The van der Waals surface area contributed by atoms with Gasteiger partial charge < -0.3 is 10.2 Å². The molecule has 3 rings (SSSR count). The first-order chi connectivity index (χ1) is 13.0. The van der Waals surface area contributed by atoms with Crippen LogP contribution >= 0.6 is 23.2 Å². The maximum atomic E-state index is 12.2. The van der Waals surface area contributed by atoms with Gasteiger partial charge in [-0.05, 0) is 60.4 Å². The molecule has 1 heterocycles. The summed E-state index contributed by atoms with van der Waals surface area (Å²) in [5, 5.41) is 3.91. The summed E-state index contributed by atoms with van der Waals surface area (Å²) >= 11 is 12.0. The lowest BCUT2D eigenvalue weighted by Crippen LogP contribution is -2.34. The molecule has 1 aliphatic rings. The van der Waals surface area contributed by atoms with E-state index < -0.39 is 0 Å². The summed E-state index contributed by atoms with van der Waals surface area (Å²) in [6.45, 7) is 1.36. The molecule has 140 valence electrons. The zero-order chi connectivity index (χ0) is 19.2. The molecule has 1 saturated heterocycles. The third-order valence-electron chi connectivity index (χ3n) is 4.36. The van der Waals surface area contributed by atoms with Crippen LogP contribution in [0.15, 0.2) is 48.5 Å². The molecule has 1 aliphatic heterocycles. The molecule has 0 radical (unpaired) electrons. The number of hydrogen-bond acceptors (Lipinski definition) is 2. The standard InChI is InChI=1S/C21H20Cl2N2O2/c22-17-8-9-19(23)16(13-17)7-10-20(26)24-18-5-3-4-15(12-18)14-25-11-2-1-6-21(25)27/h3-5,7-10,12-13H,1-2,6,11,14H2,(H,24,26)/b10-7+. The van der Waals surface area contributed by atoms with Gasteiger partial charge in [-0.25, -0.2) is 0 Å². The minimum Gasteiger partial charge on any atom is -0.338 e. The van der Waals surface area contributed by atoms with Crippen LogP contribution in [0.25, 0.3) is 6.08 Å². The maximum Gasteiger partial charge on any atom is 0.248 e. The van der Waals surface area contributed by atoms with Crippen LogP contribution in [0.1, 0.15) is 30.4 Å². The molecule has 0 bridgehead atoms. The summed E-state index contributed by atoms with van der Waals surface area (Å²) in [6.07, 6.45) is 5.67. The van der Waals surface area contributed by atoms with Crippen LogP contribution < -0.4 is 5.32 Å². The molecule has 2 aromatic rings. The highest BCUT2D eigenvalue weighted by atomic mass is 35.5. The van der Waals surface area contributed by atoms with Crippen molar-refractivity contribution in [2.75, 3.05) is 11.9 Å². The number of benzene rings is 2. The average Bonchev–Trinajstić information content (AvgIpc) is 2.65. The number of likely N-dealkylation sites (tertiary alicyclic amines) is 1. The van der Waals surface area contributed by atoms with Crippen LogP contribution in [0.2, 0.25) is 10.0 Å². The fraction of sp³-hybridized carbons (Fsp3) is 0.238. The van der Waals surface area contributed by atoms with Crippen molar-refractivity contribution in [2.45, 2.75) is 25.8 Å². The van der Waals surface area contributed by atoms with Gasteiger partial charge in [0.1, 0.15) is 0 Å². The minimum absolute atomic E-state index is 0.192. The number of halogens is 2. The Kier molecular flexibility index (Phi) is 6.54. The maximum absolute atomic E-state index is 12.2. The minimum atomic E-state index is -0.266. The summed E-state index contributed by atoms with van der Waals surface area (Å²) in [6, 6.07) is 12.6. The molecule has 0 atom stereocenters. The monoisotopic (exact) mass is 402 g/mol. The van der Waals surface area contributed by atoms with Gasteiger partial charge in [-0.2, -0.15) is 0 Å². The number of hydrogen-bond donors (Lipinski definition) is 1. The van der Waals surface area contributed by atoms with E-state index in [2.05, 4.69) is 5.32 Å². The molecule has 0 aliphatic carbocycles. The first-order valence-corrected chi connectivity index (χ1v) is 9.58. The zero-order valence-corrected chi connectivity index (χ0v) is 16.3. The SMILES string of the molecule is O=C(/C=C/c1cc(Cl)ccc1Cl)Nc1cccc(CN2CCCCC2=O)c1. The van der Waals surface area contributed by atoms with Crippen molar-refractivity contribution >= 4 is 46.8 Å². The van der Waals surface area contributed by atoms with E-state index >= 15 is 0 Å². The highest BCUT2D eigenvalue weighted by molar-refractivity contribution is 6.34. The Morgan fingerprint density at radius 2 is 2.00 bits per heavy atom. The van der Waals surface area contributed by atoms with E-state index in [9.17, 15) is 9.59 Å². The molecular formula is C21H20Cl2N2O2. The Bertz CT molecular complexity index is 880. The van der Waals surface area contributed by atoms with Crippen LogP contribution in [0.4, 0.5) is 5.69 Å². The van der Waals surface area contributed by atoms with Gasteiger partial charge in [0, 0.05) is 41.3 Å². The topological polar surface area (TPSA) is 49.4 Å². The third kappa shape index (κ3) is 5.59. The summed E-state index contributed by atoms with van der Waals surface area (Å²) < 4.78 is 0. The van der Waals surface area contributed by atoms with Gasteiger partial charge in [-0.3, -0.25) is 9.59 Å². The van der Waals surface area contributed by atoms with Gasteiger partial charge in [0.15, 0.2) is 0 Å². The average molecular weight is 403 g/mol. The van der Waals surface area contributed by atoms with Gasteiger partial charge >= 0.3 is 0 Å². The van der Waals surface area contributed by atoms with Crippen LogP contribution in [0.5, 0.6) is 0 Å². The first-order valence-electron chi connectivity index (χ1n) is 8.82. The van der Waals surface area contributed by atoms with E-state index in [4.69, 9.17) is 23.2 Å². The molecule has 27 heavy (non-hydrogen) atoms. The van der Waals surface area contributed by atoms with Gasteiger partial charge in [0.25, 0.3) is 0 Å². The number of rotatable bonds is 5. The predicted molar refractivity (Wildman–Crippen MR) is 110 cm³/mol. The summed E-state index contributed by atoms with van der Waals surface area (Å²) in [4.78, 5) is 26.0. The Morgan fingerprint density at radius 1 is 1.15 bits per heavy atom. The fourth-order valence-corrected chi connectivity index (χ4v) is 3.35. The molecule has 2 amide bonds. The third-order valence-corrected chi connectivity index (χ3v) is 4.94. The molecular weight excluding hydrogens is 383 g/mol. The van der Waals surface area contributed by atoms with Gasteiger partial charge in [0.2, 0.25) is 11.8 Å². The molecule has 2 aromatic carbocycles. The number of nitrogens with zero attached hydrogens (tertiary/aromatic N) is 1. The quantitative estimate of drug-likeness (QED) is 0.702. The van der Waals surface area contributed by atoms with Crippen molar-refractivity contribution in [1.82, 2.24) is 4.90 Å². The molecule has 6 heteroatoms. The second-order valence-electron chi connectivity index (χ2n) is 6.46. The number of piperidine rings is 1. The molecule has 1 N–H and O–H groups in total. The van der Waals surface area contributed by atoms with Crippen LogP contribution in [-0.2, 0) is 16.1 Å². The molecule has 1 fully saturated rings. The van der Waals surface area contributed by atoms with Gasteiger partial charge in [0.05, 0.1) is 0 Å². The highest BCUT2D eigenvalue weighted by Gasteiger charge is 2.18. The van der Waals surface area contributed by atoms with E-state index in [1.165, 1.54) is 6.08 Å². The predicted octanol–water partition coefficient (Wildman–Crippen LogP) is 5.16. The van der Waals surface area contributed by atoms with Crippen LogP contribution in [0, 0.1) is 0 Å². The van der Waals surface area contributed by atoms with Crippen molar-refractivity contribution < 1.29 is 9.59 Å². The number of amides is 2. The largest absolute Gasteiger partial charge is 0.338 e. The Morgan fingerprint density at radius 3 is 2.81 bits per heavy atom. The lowest BCUT2D eigenvalue weighted by molar-refractivity contribution is -0.133. The van der Waals surface area contributed by atoms with Gasteiger partial charge in [-0.15, -0.1) is 0 Å². The number of carbonyl (C=O) groups excluding carboxylic acids is 2. The van der Waals surface area contributed by atoms with Crippen molar-refractivity contribution in [3.8, 4) is 0 Å². The smallest absolute Gasteiger partial charge is 0.248 e. The van der Waals surface area contributed by atoms with E-state index in [1.54, 1.807) is 24.3 Å².